The molecule has 4 heteroatoms. The van der Waals surface area contributed by atoms with E-state index < -0.39 is 0 Å². The van der Waals surface area contributed by atoms with E-state index in [0.717, 1.165) is 51.9 Å². The maximum atomic E-state index is 12.6. The molecule has 0 bridgehead atoms. The average molecular weight is 294 g/mol. The zero-order valence-electron chi connectivity index (χ0n) is 13.2. The highest BCUT2D eigenvalue weighted by molar-refractivity contribution is 5.84. The lowest BCUT2D eigenvalue weighted by atomic mass is 9.99. The minimum absolute atomic E-state index is 0.220. The van der Waals surface area contributed by atoms with Crippen LogP contribution >= 0.6 is 0 Å². The summed E-state index contributed by atoms with van der Waals surface area (Å²) in [6.07, 6.45) is 10.4. The van der Waals surface area contributed by atoms with Crippen LogP contribution in [0.2, 0.25) is 0 Å². The molecule has 0 aliphatic carbocycles. The van der Waals surface area contributed by atoms with E-state index in [-0.39, 0.29) is 6.04 Å². The van der Waals surface area contributed by atoms with E-state index in [1.807, 2.05) is 0 Å². The van der Waals surface area contributed by atoms with Gasteiger partial charge in [0.25, 0.3) is 0 Å². The third-order valence-corrected chi connectivity index (χ3v) is 5.42. The largest absolute Gasteiger partial charge is 0.378 e. The Hall–Kier alpha value is -0.450. The van der Waals surface area contributed by atoms with Crippen LogP contribution in [0.25, 0.3) is 0 Å². The fourth-order valence-corrected chi connectivity index (χ4v) is 4.25. The van der Waals surface area contributed by atoms with Crippen LogP contribution in [0.4, 0.5) is 0 Å². The van der Waals surface area contributed by atoms with Crippen LogP contribution in [-0.2, 0) is 9.53 Å². The molecule has 2 unspecified atom stereocenters. The second-order valence-electron chi connectivity index (χ2n) is 6.87. The summed E-state index contributed by atoms with van der Waals surface area (Å²) in [6.45, 7) is 4.28. The fourth-order valence-electron chi connectivity index (χ4n) is 4.25. The molecule has 0 spiro atoms. The molecule has 0 aromatic rings. The van der Waals surface area contributed by atoms with E-state index in [0.29, 0.717) is 17.9 Å². The minimum Gasteiger partial charge on any atom is -0.378 e. The maximum Gasteiger partial charge on any atom is 0.149 e. The molecule has 21 heavy (non-hydrogen) atoms. The number of nitrogens with zero attached hydrogens (tertiary/aromatic N) is 1. The van der Waals surface area contributed by atoms with Crippen molar-refractivity contribution in [2.45, 2.75) is 76.0 Å². The lowest BCUT2D eigenvalue weighted by molar-refractivity contribution is -0.124. The number of Topliss-reactive ketones (excluding diaryl/α,β-unsaturated/α-hetero) is 1. The third-order valence-electron chi connectivity index (χ3n) is 5.42. The Labute approximate surface area is 128 Å². The summed E-state index contributed by atoms with van der Waals surface area (Å²) < 4.78 is 5.65. The molecule has 3 fully saturated rings. The van der Waals surface area contributed by atoms with Crippen LogP contribution in [-0.4, -0.2) is 55.1 Å². The normalized spacial score (nSPS) is 31.8. The van der Waals surface area contributed by atoms with Gasteiger partial charge in [-0.1, -0.05) is 0 Å². The van der Waals surface area contributed by atoms with Crippen LogP contribution in [0.1, 0.15) is 57.8 Å². The Bertz CT molecular complexity index is 336. The Morgan fingerprint density at radius 2 is 2.00 bits per heavy atom. The molecule has 4 nitrogen and oxygen atoms in total. The van der Waals surface area contributed by atoms with Gasteiger partial charge in [-0.3, -0.25) is 9.69 Å². The monoisotopic (exact) mass is 294 g/mol. The summed E-state index contributed by atoms with van der Waals surface area (Å²) in [5.41, 5.74) is 0. The van der Waals surface area contributed by atoms with Crippen molar-refractivity contribution in [3.05, 3.63) is 0 Å². The predicted octanol–water partition coefficient (Wildman–Crippen LogP) is 2.12. The number of hydrogen-bond donors (Lipinski definition) is 1. The molecule has 120 valence electrons. The molecule has 3 rings (SSSR count). The number of nitrogens with one attached hydrogen (secondary N) is 1. The minimum atomic E-state index is 0.220. The first-order valence-corrected chi connectivity index (χ1v) is 8.95. The molecule has 2 atom stereocenters. The van der Waals surface area contributed by atoms with Crippen LogP contribution in [0.5, 0.6) is 0 Å². The van der Waals surface area contributed by atoms with E-state index >= 15 is 0 Å². The van der Waals surface area contributed by atoms with Gasteiger partial charge in [0.1, 0.15) is 5.78 Å². The second-order valence-corrected chi connectivity index (χ2v) is 6.87. The van der Waals surface area contributed by atoms with Crippen LogP contribution < -0.4 is 5.32 Å². The molecule has 0 aromatic carbocycles. The standard InChI is InChI=1S/C17H30N2O2/c20-17(7-1-4-15-5-3-13-21-15)16-6-2-12-19(16)14-8-10-18-11-9-14/h14-16,18H,1-13H2. The van der Waals surface area contributed by atoms with Gasteiger partial charge in [0.2, 0.25) is 0 Å². The average Bonchev–Trinajstić information content (AvgIpc) is 3.19. The van der Waals surface area contributed by atoms with Crippen molar-refractivity contribution in [1.82, 2.24) is 10.2 Å². The van der Waals surface area contributed by atoms with Crippen molar-refractivity contribution in [3.8, 4) is 0 Å². The molecule has 0 saturated carbocycles. The molecule has 3 saturated heterocycles. The van der Waals surface area contributed by atoms with Crippen molar-refractivity contribution in [1.29, 1.82) is 0 Å². The first kappa shape index (κ1) is 15.4. The molecule has 0 radical (unpaired) electrons. The number of likely N-dealkylation sites (tertiary alicyclic amines) is 1. The number of carbonyl (C=O) groups is 1. The smallest absolute Gasteiger partial charge is 0.149 e. The van der Waals surface area contributed by atoms with Gasteiger partial charge in [-0.05, 0) is 71.0 Å². The quantitative estimate of drug-likeness (QED) is 0.815. The highest BCUT2D eigenvalue weighted by atomic mass is 16.5. The molecule has 3 aliphatic rings. The lowest BCUT2D eigenvalue weighted by Gasteiger charge is -2.35. The van der Waals surface area contributed by atoms with Crippen molar-refractivity contribution in [2.24, 2.45) is 0 Å². The molecule has 0 amide bonds. The zero-order valence-corrected chi connectivity index (χ0v) is 13.2. The number of hydrogen-bond acceptors (Lipinski definition) is 4. The van der Waals surface area contributed by atoms with Gasteiger partial charge in [-0.25, -0.2) is 0 Å². The predicted molar refractivity (Wildman–Crippen MR) is 83.5 cm³/mol. The topological polar surface area (TPSA) is 41.6 Å². The van der Waals surface area contributed by atoms with E-state index in [2.05, 4.69) is 10.2 Å². The Kier molecular flexibility index (Phi) is 5.67. The summed E-state index contributed by atoms with van der Waals surface area (Å²) in [5.74, 6) is 0.490. The van der Waals surface area contributed by atoms with Crippen molar-refractivity contribution in [3.63, 3.8) is 0 Å². The molecule has 1 N–H and O–H groups in total. The Balaban J connectivity index is 1.43. The molecule has 3 heterocycles. The number of piperidine rings is 1. The maximum absolute atomic E-state index is 12.6. The summed E-state index contributed by atoms with van der Waals surface area (Å²) >= 11 is 0. The molecular weight excluding hydrogens is 264 g/mol. The van der Waals surface area contributed by atoms with E-state index in [1.165, 1.54) is 32.1 Å². The van der Waals surface area contributed by atoms with Gasteiger partial charge >= 0.3 is 0 Å². The van der Waals surface area contributed by atoms with Gasteiger partial charge in [-0.15, -0.1) is 0 Å². The Morgan fingerprint density at radius 3 is 2.76 bits per heavy atom. The number of ketones is 1. The summed E-state index contributed by atoms with van der Waals surface area (Å²) in [5, 5.41) is 3.42. The van der Waals surface area contributed by atoms with E-state index in [9.17, 15) is 4.79 Å². The van der Waals surface area contributed by atoms with Crippen LogP contribution in [0, 0.1) is 0 Å². The summed E-state index contributed by atoms with van der Waals surface area (Å²) in [7, 11) is 0. The van der Waals surface area contributed by atoms with Gasteiger partial charge in [0.15, 0.2) is 0 Å². The van der Waals surface area contributed by atoms with Crippen molar-refractivity contribution < 1.29 is 9.53 Å². The van der Waals surface area contributed by atoms with E-state index in [1.54, 1.807) is 0 Å². The second kappa shape index (κ2) is 7.70. The highest BCUT2D eigenvalue weighted by Crippen LogP contribution is 2.26. The molecular formula is C17H30N2O2. The lowest BCUT2D eigenvalue weighted by Crippen LogP contribution is -2.47. The number of carbonyl (C=O) groups excluding carboxylic acids is 1. The first-order valence-electron chi connectivity index (χ1n) is 8.95. The first-order chi connectivity index (χ1) is 10.3. The highest BCUT2D eigenvalue weighted by Gasteiger charge is 2.35. The zero-order chi connectivity index (χ0) is 14.5. The third kappa shape index (κ3) is 4.05. The van der Waals surface area contributed by atoms with Gasteiger partial charge in [-0.2, -0.15) is 0 Å². The molecule has 0 aromatic heterocycles. The van der Waals surface area contributed by atoms with Gasteiger partial charge in [0, 0.05) is 19.1 Å². The summed E-state index contributed by atoms with van der Waals surface area (Å²) in [4.78, 5) is 15.1. The van der Waals surface area contributed by atoms with Crippen LogP contribution in [0.3, 0.4) is 0 Å². The molecule has 3 aliphatic heterocycles. The van der Waals surface area contributed by atoms with Gasteiger partial charge < -0.3 is 10.1 Å². The fraction of sp³-hybridized carbons (Fsp3) is 0.941. The van der Waals surface area contributed by atoms with Gasteiger partial charge in [0.05, 0.1) is 12.1 Å². The summed E-state index contributed by atoms with van der Waals surface area (Å²) in [6, 6.07) is 0.860. The number of ether oxygens (including phenoxy) is 1. The van der Waals surface area contributed by atoms with E-state index in [4.69, 9.17) is 4.74 Å². The van der Waals surface area contributed by atoms with Crippen LogP contribution in [0.15, 0.2) is 0 Å². The van der Waals surface area contributed by atoms with Crippen molar-refractivity contribution >= 4 is 5.78 Å². The number of rotatable bonds is 6. The van der Waals surface area contributed by atoms with Crippen molar-refractivity contribution in [2.75, 3.05) is 26.2 Å². The Morgan fingerprint density at radius 1 is 1.14 bits per heavy atom. The SMILES string of the molecule is O=C(CCCC1CCCO1)C1CCCN1C1CCNCC1.